The summed E-state index contributed by atoms with van der Waals surface area (Å²) in [5.74, 6) is -0.172. The van der Waals surface area contributed by atoms with Crippen LogP contribution in [-0.4, -0.2) is 47.7 Å². The van der Waals surface area contributed by atoms with Crippen molar-refractivity contribution in [2.45, 2.75) is 110 Å². The van der Waals surface area contributed by atoms with Crippen molar-refractivity contribution < 1.29 is 24.9 Å². The summed E-state index contributed by atoms with van der Waals surface area (Å²) in [6.45, 7) is 2.08. The lowest BCUT2D eigenvalue weighted by Crippen LogP contribution is -2.07. The number of esters is 1. The number of ether oxygens (including phenoxy) is 1. The zero-order valence-corrected chi connectivity index (χ0v) is 17.8. The summed E-state index contributed by atoms with van der Waals surface area (Å²) in [6, 6.07) is 0. The normalized spacial score (nSPS) is 10.4. The van der Waals surface area contributed by atoms with E-state index in [2.05, 4.69) is 6.92 Å². The minimum absolute atomic E-state index is 0.0788. The van der Waals surface area contributed by atoms with E-state index in [1.807, 2.05) is 0 Å². The van der Waals surface area contributed by atoms with Crippen molar-refractivity contribution in [3.05, 3.63) is 0 Å². The smallest absolute Gasteiger partial charge is 0.305 e. The fraction of sp³-hybridized carbons (Fsp3) is 0.955. The number of hydrogen-bond acceptors (Lipinski definition) is 5. The molecular weight excluding hydrogens is 344 g/mol. The van der Waals surface area contributed by atoms with E-state index in [-0.39, 0.29) is 32.4 Å². The minimum Gasteiger partial charge on any atom is -0.463 e. The fourth-order valence-electron chi connectivity index (χ4n) is 2.87. The second-order valence-corrected chi connectivity index (χ2v) is 7.09. The molecule has 0 rings (SSSR count). The maximum Gasteiger partial charge on any atom is 0.305 e. The van der Waals surface area contributed by atoms with Gasteiger partial charge in [0.1, 0.15) is 6.61 Å². The van der Waals surface area contributed by atoms with Crippen molar-refractivity contribution in [1.82, 2.24) is 0 Å². The number of carbonyl (C=O) groups is 1. The highest BCUT2D eigenvalue weighted by Crippen LogP contribution is 2.13. The molecule has 5 heteroatoms. The SMILES string of the molecule is CCCCCCCCCCCCCCCCCC(=O)OCCO.OCCO. The summed E-state index contributed by atoms with van der Waals surface area (Å²) in [4.78, 5) is 11.2. The zero-order chi connectivity index (χ0) is 20.4. The maximum atomic E-state index is 11.2. The van der Waals surface area contributed by atoms with Gasteiger partial charge < -0.3 is 20.1 Å². The van der Waals surface area contributed by atoms with Crippen molar-refractivity contribution in [3.8, 4) is 0 Å². The van der Waals surface area contributed by atoms with E-state index >= 15 is 0 Å². The van der Waals surface area contributed by atoms with Crippen molar-refractivity contribution in [1.29, 1.82) is 0 Å². The molecule has 0 saturated heterocycles. The Labute approximate surface area is 167 Å². The topological polar surface area (TPSA) is 87.0 Å². The van der Waals surface area contributed by atoms with E-state index in [0.29, 0.717) is 6.42 Å². The van der Waals surface area contributed by atoms with E-state index in [1.54, 1.807) is 0 Å². The molecule has 0 atom stereocenters. The molecule has 0 saturated carbocycles. The molecule has 164 valence electrons. The van der Waals surface area contributed by atoms with Crippen LogP contribution in [0.5, 0.6) is 0 Å². The van der Waals surface area contributed by atoms with Crippen LogP contribution in [0.15, 0.2) is 0 Å². The molecule has 0 fully saturated rings. The molecule has 0 aromatic carbocycles. The van der Waals surface area contributed by atoms with Gasteiger partial charge in [-0.15, -0.1) is 0 Å². The molecule has 0 aliphatic heterocycles. The van der Waals surface area contributed by atoms with Crippen LogP contribution in [0, 0.1) is 0 Å². The van der Waals surface area contributed by atoms with Crippen LogP contribution in [0.25, 0.3) is 0 Å². The number of aliphatic hydroxyl groups excluding tert-OH is 3. The first kappa shape index (κ1) is 28.6. The first-order chi connectivity index (χ1) is 13.2. The number of carbonyl (C=O) groups excluding carboxylic acids is 1. The Morgan fingerprint density at radius 3 is 1.30 bits per heavy atom. The van der Waals surface area contributed by atoms with E-state index < -0.39 is 0 Å². The average Bonchev–Trinajstić information content (AvgIpc) is 2.69. The molecule has 3 N–H and O–H groups in total. The molecule has 0 unspecified atom stereocenters. The van der Waals surface area contributed by atoms with Gasteiger partial charge in [0.2, 0.25) is 0 Å². The lowest BCUT2D eigenvalue weighted by molar-refractivity contribution is -0.144. The van der Waals surface area contributed by atoms with Crippen LogP contribution < -0.4 is 0 Å². The van der Waals surface area contributed by atoms with Gasteiger partial charge in [-0.05, 0) is 6.42 Å². The van der Waals surface area contributed by atoms with Gasteiger partial charge in [0.25, 0.3) is 0 Å². The Morgan fingerprint density at radius 1 is 0.593 bits per heavy atom. The number of unbranched alkanes of at least 4 members (excludes halogenated alkanes) is 14. The second kappa shape index (κ2) is 27.6. The minimum atomic E-state index is -0.172. The molecule has 0 radical (unpaired) electrons. The van der Waals surface area contributed by atoms with Crippen LogP contribution in [0.3, 0.4) is 0 Å². The highest BCUT2D eigenvalue weighted by molar-refractivity contribution is 5.69. The molecule has 27 heavy (non-hydrogen) atoms. The van der Waals surface area contributed by atoms with Gasteiger partial charge in [0, 0.05) is 6.42 Å². The molecule has 0 spiro atoms. The van der Waals surface area contributed by atoms with Crippen molar-refractivity contribution in [2.75, 3.05) is 26.4 Å². The van der Waals surface area contributed by atoms with Crippen molar-refractivity contribution >= 4 is 5.97 Å². The van der Waals surface area contributed by atoms with Crippen LogP contribution in [0.4, 0.5) is 0 Å². The predicted molar refractivity (Wildman–Crippen MR) is 112 cm³/mol. The molecular formula is C22H46O5. The third-order valence-electron chi connectivity index (χ3n) is 4.44. The highest BCUT2D eigenvalue weighted by atomic mass is 16.5. The van der Waals surface area contributed by atoms with Gasteiger partial charge >= 0.3 is 5.97 Å². The van der Waals surface area contributed by atoms with Crippen molar-refractivity contribution in [2.24, 2.45) is 0 Å². The lowest BCUT2D eigenvalue weighted by Gasteiger charge is -2.04. The second-order valence-electron chi connectivity index (χ2n) is 7.09. The first-order valence-corrected chi connectivity index (χ1v) is 11.2. The van der Waals surface area contributed by atoms with Gasteiger partial charge in [-0.25, -0.2) is 0 Å². The zero-order valence-electron chi connectivity index (χ0n) is 17.8. The lowest BCUT2D eigenvalue weighted by atomic mass is 10.0. The third kappa shape index (κ3) is 30.3. The summed E-state index contributed by atoms with van der Waals surface area (Å²) in [5.41, 5.74) is 0. The molecule has 0 aliphatic rings. The summed E-state index contributed by atoms with van der Waals surface area (Å²) in [7, 11) is 0. The van der Waals surface area contributed by atoms with Gasteiger partial charge in [0.15, 0.2) is 0 Å². The molecule has 5 nitrogen and oxygen atoms in total. The Balaban J connectivity index is 0. The molecule has 0 bridgehead atoms. The Morgan fingerprint density at radius 2 is 0.963 bits per heavy atom. The number of rotatable bonds is 19. The van der Waals surface area contributed by atoms with Gasteiger partial charge in [-0.1, -0.05) is 96.8 Å². The van der Waals surface area contributed by atoms with Crippen molar-refractivity contribution in [3.63, 3.8) is 0 Å². The van der Waals surface area contributed by atoms with Gasteiger partial charge in [-0.3, -0.25) is 4.79 Å². The largest absolute Gasteiger partial charge is 0.463 e. The van der Waals surface area contributed by atoms with Crippen LogP contribution in [-0.2, 0) is 9.53 Å². The average molecular weight is 391 g/mol. The summed E-state index contributed by atoms with van der Waals surface area (Å²) < 4.78 is 4.82. The van der Waals surface area contributed by atoms with E-state index in [1.165, 1.54) is 83.5 Å². The summed E-state index contributed by atoms with van der Waals surface area (Å²) in [5, 5.41) is 23.8. The highest BCUT2D eigenvalue weighted by Gasteiger charge is 2.01. The Hall–Kier alpha value is -0.650. The third-order valence-corrected chi connectivity index (χ3v) is 4.44. The Bertz CT molecular complexity index is 269. The quantitative estimate of drug-likeness (QED) is 0.219. The monoisotopic (exact) mass is 390 g/mol. The summed E-state index contributed by atoms with van der Waals surface area (Å²) in [6.07, 6.45) is 20.4. The van der Waals surface area contributed by atoms with Gasteiger partial charge in [0.05, 0.1) is 19.8 Å². The molecule has 0 amide bonds. The molecule has 0 aliphatic carbocycles. The first-order valence-electron chi connectivity index (χ1n) is 11.2. The van der Waals surface area contributed by atoms with Crippen LogP contribution in [0.1, 0.15) is 110 Å². The number of hydrogen-bond donors (Lipinski definition) is 3. The standard InChI is InChI=1S/C20H40O3.C2H6O2/c1-2-3-4-5-6-7-8-9-10-11-12-13-14-15-16-17-20(22)23-19-18-21;3-1-2-4/h21H,2-19H2,1H3;3-4H,1-2H2. The predicted octanol–water partition coefficient (Wildman–Crippen LogP) is 4.75. The van der Waals surface area contributed by atoms with Crippen LogP contribution in [0.2, 0.25) is 0 Å². The van der Waals surface area contributed by atoms with Gasteiger partial charge in [-0.2, -0.15) is 0 Å². The van der Waals surface area contributed by atoms with E-state index in [4.69, 9.17) is 20.1 Å². The molecule has 0 aromatic rings. The Kier molecular flexibility index (Phi) is 29.2. The molecule has 0 heterocycles. The fourth-order valence-corrected chi connectivity index (χ4v) is 2.87. The number of aliphatic hydroxyl groups is 3. The van der Waals surface area contributed by atoms with E-state index in [0.717, 1.165) is 12.8 Å². The molecule has 0 aromatic heterocycles. The maximum absolute atomic E-state index is 11.2. The van der Waals surface area contributed by atoms with E-state index in [9.17, 15) is 4.79 Å². The van der Waals surface area contributed by atoms with Crippen LogP contribution >= 0.6 is 0 Å². The summed E-state index contributed by atoms with van der Waals surface area (Å²) >= 11 is 0.